The first-order chi connectivity index (χ1) is 14.1. The third-order valence-electron chi connectivity index (χ3n) is 5.18. The van der Waals surface area contributed by atoms with E-state index in [9.17, 15) is 9.59 Å². The summed E-state index contributed by atoms with van der Waals surface area (Å²) < 4.78 is 6.55. The molecule has 0 unspecified atom stereocenters. The van der Waals surface area contributed by atoms with Crippen LogP contribution >= 0.6 is 0 Å². The summed E-state index contributed by atoms with van der Waals surface area (Å²) in [6.45, 7) is 4.70. The van der Waals surface area contributed by atoms with Crippen molar-refractivity contribution >= 4 is 22.5 Å². The molecule has 0 radical (unpaired) electrons. The van der Waals surface area contributed by atoms with E-state index in [2.05, 4.69) is 15.0 Å². The predicted octanol–water partition coefficient (Wildman–Crippen LogP) is 1.78. The van der Waals surface area contributed by atoms with Crippen molar-refractivity contribution in [2.75, 3.05) is 38.2 Å². The van der Waals surface area contributed by atoms with Crippen molar-refractivity contribution in [2.45, 2.75) is 13.5 Å². The molecule has 1 saturated heterocycles. The zero-order chi connectivity index (χ0) is 20.4. The van der Waals surface area contributed by atoms with Crippen molar-refractivity contribution in [1.82, 2.24) is 19.7 Å². The highest BCUT2D eigenvalue weighted by atomic mass is 16.5. The molecule has 8 heteroatoms. The summed E-state index contributed by atoms with van der Waals surface area (Å²) in [5.74, 6) is 1.25. The number of piperazine rings is 1. The van der Waals surface area contributed by atoms with E-state index in [-0.39, 0.29) is 11.5 Å². The molecule has 1 fully saturated rings. The van der Waals surface area contributed by atoms with Gasteiger partial charge in [-0.1, -0.05) is 24.3 Å². The van der Waals surface area contributed by atoms with E-state index in [0.29, 0.717) is 55.1 Å². The van der Waals surface area contributed by atoms with Crippen LogP contribution in [-0.2, 0) is 6.54 Å². The number of fused-ring (bicyclic) bond motifs is 1. The zero-order valence-electron chi connectivity index (χ0n) is 16.5. The molecule has 1 aliphatic heterocycles. The van der Waals surface area contributed by atoms with Crippen LogP contribution in [0.25, 0.3) is 10.8 Å². The fourth-order valence-corrected chi connectivity index (χ4v) is 3.59. The van der Waals surface area contributed by atoms with Gasteiger partial charge in [0.15, 0.2) is 5.69 Å². The van der Waals surface area contributed by atoms with Gasteiger partial charge < -0.3 is 14.5 Å². The Morgan fingerprint density at radius 2 is 1.76 bits per heavy atom. The molecule has 0 spiro atoms. The number of ether oxygens (including phenoxy) is 1. The molecule has 0 aliphatic carbocycles. The molecule has 2 aromatic heterocycles. The van der Waals surface area contributed by atoms with E-state index in [0.717, 1.165) is 5.82 Å². The van der Waals surface area contributed by atoms with E-state index in [4.69, 9.17) is 4.74 Å². The molecular weight excluding hydrogens is 370 g/mol. The summed E-state index contributed by atoms with van der Waals surface area (Å²) in [5, 5.41) is 5.49. The number of pyridine rings is 1. The molecule has 29 heavy (non-hydrogen) atoms. The van der Waals surface area contributed by atoms with Crippen LogP contribution in [-0.4, -0.2) is 58.9 Å². The Bertz CT molecular complexity index is 1100. The maximum absolute atomic E-state index is 13.2. The minimum Gasteiger partial charge on any atom is -0.481 e. The quantitative estimate of drug-likeness (QED) is 0.672. The van der Waals surface area contributed by atoms with Crippen molar-refractivity contribution in [3.05, 3.63) is 58.5 Å². The van der Waals surface area contributed by atoms with Gasteiger partial charge in [-0.15, -0.1) is 0 Å². The van der Waals surface area contributed by atoms with Gasteiger partial charge in [0.25, 0.3) is 11.5 Å². The van der Waals surface area contributed by atoms with Crippen molar-refractivity contribution in [1.29, 1.82) is 0 Å². The number of hydrogen-bond donors (Lipinski definition) is 0. The Kier molecular flexibility index (Phi) is 5.16. The maximum Gasteiger partial charge on any atom is 0.275 e. The molecule has 0 bridgehead atoms. The van der Waals surface area contributed by atoms with Crippen molar-refractivity contribution < 1.29 is 9.53 Å². The number of amides is 1. The number of carbonyl (C=O) groups is 1. The van der Waals surface area contributed by atoms with Crippen molar-refractivity contribution in [2.24, 2.45) is 0 Å². The van der Waals surface area contributed by atoms with Gasteiger partial charge in [-0.05, 0) is 19.1 Å². The van der Waals surface area contributed by atoms with Gasteiger partial charge in [0.05, 0.1) is 12.5 Å². The van der Waals surface area contributed by atoms with E-state index in [1.807, 2.05) is 31.2 Å². The van der Waals surface area contributed by atoms with Crippen LogP contribution in [0.15, 0.2) is 47.3 Å². The molecule has 1 amide bonds. The average Bonchev–Trinajstić information content (AvgIpc) is 2.79. The first kappa shape index (κ1) is 18.9. The van der Waals surface area contributed by atoms with Gasteiger partial charge >= 0.3 is 0 Å². The van der Waals surface area contributed by atoms with Gasteiger partial charge in [-0.25, -0.2) is 4.68 Å². The number of aromatic nitrogens is 3. The zero-order valence-corrected chi connectivity index (χ0v) is 16.5. The van der Waals surface area contributed by atoms with Crippen LogP contribution in [0.3, 0.4) is 0 Å². The van der Waals surface area contributed by atoms with E-state index >= 15 is 0 Å². The lowest BCUT2D eigenvalue weighted by Gasteiger charge is -2.35. The fourth-order valence-electron chi connectivity index (χ4n) is 3.59. The molecule has 1 aliphatic rings. The summed E-state index contributed by atoms with van der Waals surface area (Å²) >= 11 is 0. The second-order valence-corrected chi connectivity index (χ2v) is 6.83. The lowest BCUT2D eigenvalue weighted by molar-refractivity contribution is 0.0740. The van der Waals surface area contributed by atoms with E-state index < -0.39 is 0 Å². The fraction of sp³-hybridized carbons (Fsp3) is 0.333. The average molecular weight is 393 g/mol. The molecule has 0 atom stereocenters. The van der Waals surface area contributed by atoms with Gasteiger partial charge in [0, 0.05) is 44.2 Å². The molecule has 4 rings (SSSR count). The third kappa shape index (κ3) is 3.53. The molecule has 0 saturated carbocycles. The van der Waals surface area contributed by atoms with Crippen LogP contribution in [0.2, 0.25) is 0 Å². The molecule has 0 N–H and O–H groups in total. The van der Waals surface area contributed by atoms with Crippen LogP contribution in [0, 0.1) is 0 Å². The van der Waals surface area contributed by atoms with Gasteiger partial charge in [-0.2, -0.15) is 10.1 Å². The normalized spacial score (nSPS) is 14.3. The Balaban J connectivity index is 1.57. The summed E-state index contributed by atoms with van der Waals surface area (Å²) in [5.41, 5.74) is 0.156. The minimum absolute atomic E-state index is 0.151. The van der Waals surface area contributed by atoms with Crippen molar-refractivity contribution in [3.63, 3.8) is 0 Å². The summed E-state index contributed by atoms with van der Waals surface area (Å²) in [7, 11) is 1.59. The first-order valence-electron chi connectivity index (χ1n) is 9.67. The number of hydrogen-bond acceptors (Lipinski definition) is 6. The predicted molar refractivity (Wildman–Crippen MR) is 111 cm³/mol. The number of carbonyl (C=O) groups excluding carboxylic acids is 1. The number of methoxy groups -OCH3 is 1. The molecule has 150 valence electrons. The second-order valence-electron chi connectivity index (χ2n) is 6.83. The molecular formula is C21H23N5O3. The van der Waals surface area contributed by atoms with Crippen LogP contribution < -0.4 is 15.2 Å². The van der Waals surface area contributed by atoms with Gasteiger partial charge in [-0.3, -0.25) is 9.59 Å². The van der Waals surface area contributed by atoms with Crippen molar-refractivity contribution in [3.8, 4) is 5.88 Å². The lowest BCUT2D eigenvalue weighted by atomic mass is 10.1. The highest BCUT2D eigenvalue weighted by Gasteiger charge is 2.26. The molecule has 8 nitrogen and oxygen atoms in total. The topological polar surface area (TPSA) is 80.6 Å². The van der Waals surface area contributed by atoms with E-state index in [1.165, 1.54) is 4.68 Å². The maximum atomic E-state index is 13.2. The number of rotatable bonds is 4. The highest BCUT2D eigenvalue weighted by molar-refractivity contribution is 6.04. The van der Waals surface area contributed by atoms with Crippen LogP contribution in [0.1, 0.15) is 17.4 Å². The van der Waals surface area contributed by atoms with E-state index in [1.54, 1.807) is 30.2 Å². The van der Waals surface area contributed by atoms with Gasteiger partial charge in [0.2, 0.25) is 5.88 Å². The second kappa shape index (κ2) is 7.90. The molecule has 3 aromatic rings. The Morgan fingerprint density at radius 3 is 2.45 bits per heavy atom. The molecule has 1 aromatic carbocycles. The lowest BCUT2D eigenvalue weighted by Crippen LogP contribution is -2.49. The number of benzene rings is 1. The number of nitrogens with zero attached hydrogens (tertiary/aromatic N) is 5. The monoisotopic (exact) mass is 393 g/mol. The van der Waals surface area contributed by atoms with Crippen LogP contribution in [0.4, 0.5) is 5.82 Å². The minimum atomic E-state index is -0.173. The Hall–Kier alpha value is -3.42. The number of aryl methyl sites for hydroxylation is 1. The largest absolute Gasteiger partial charge is 0.481 e. The first-order valence-corrected chi connectivity index (χ1v) is 9.67. The Labute approximate surface area is 168 Å². The molecule has 3 heterocycles. The summed E-state index contributed by atoms with van der Waals surface area (Å²) in [6.07, 6.45) is 0. The highest BCUT2D eigenvalue weighted by Crippen LogP contribution is 2.20. The summed E-state index contributed by atoms with van der Waals surface area (Å²) in [6, 6.07) is 12.8. The smallest absolute Gasteiger partial charge is 0.275 e. The SMILES string of the molecule is CCn1nc(C(=O)N2CCN(c3cccc(OC)n3)CC2)c2ccccc2c1=O. The standard InChI is InChI=1S/C21H23N5O3/c1-3-26-20(27)16-8-5-4-7-15(16)19(23-26)21(28)25-13-11-24(12-14-25)17-9-6-10-18(22-17)29-2/h4-10H,3,11-14H2,1-2H3. The third-order valence-corrected chi connectivity index (χ3v) is 5.18. The number of anilines is 1. The van der Waals surface area contributed by atoms with Crippen LogP contribution in [0.5, 0.6) is 5.88 Å². The van der Waals surface area contributed by atoms with Gasteiger partial charge in [0.1, 0.15) is 5.82 Å². The Morgan fingerprint density at radius 1 is 1.03 bits per heavy atom. The summed E-state index contributed by atoms with van der Waals surface area (Å²) in [4.78, 5) is 34.1.